The number of hydrogen-bond donors (Lipinski definition) is 3. The Hall–Kier alpha value is -2.57. The van der Waals surface area contributed by atoms with Gasteiger partial charge in [-0.1, -0.05) is 30.3 Å². The molecular formula is C22H31N3O3+2. The van der Waals surface area contributed by atoms with Crippen molar-refractivity contribution in [2.75, 3.05) is 52.3 Å². The smallest absolute Gasteiger partial charge is 0.230 e. The largest absolute Gasteiger partial charge is 0.497 e. The molecule has 0 aliphatic carbocycles. The van der Waals surface area contributed by atoms with Crippen LogP contribution in [0.4, 0.5) is 5.69 Å². The normalized spacial score (nSPS) is 19.1. The van der Waals surface area contributed by atoms with Crippen molar-refractivity contribution in [2.24, 2.45) is 0 Å². The maximum atomic E-state index is 12.3. The van der Waals surface area contributed by atoms with E-state index in [2.05, 4.69) is 35.6 Å². The Balaban J connectivity index is 1.41. The van der Waals surface area contributed by atoms with Crippen LogP contribution in [0, 0.1) is 0 Å². The number of nitrogens with one attached hydrogen (secondary N) is 3. The number of quaternary nitrogens is 2. The van der Waals surface area contributed by atoms with Crippen LogP contribution in [0.5, 0.6) is 11.5 Å². The zero-order valence-corrected chi connectivity index (χ0v) is 16.8. The summed E-state index contributed by atoms with van der Waals surface area (Å²) in [6.07, 6.45) is 0.517. The summed E-state index contributed by atoms with van der Waals surface area (Å²) in [6.45, 7) is 6.49. The van der Waals surface area contributed by atoms with E-state index in [9.17, 15) is 4.79 Å². The highest BCUT2D eigenvalue weighted by Crippen LogP contribution is 2.25. The van der Waals surface area contributed by atoms with Gasteiger partial charge < -0.3 is 24.6 Å². The first-order valence-electron chi connectivity index (χ1n) is 9.90. The van der Waals surface area contributed by atoms with Crippen LogP contribution in [-0.4, -0.2) is 52.9 Å². The fourth-order valence-corrected chi connectivity index (χ4v) is 3.66. The second kappa shape index (κ2) is 10.1. The van der Waals surface area contributed by atoms with Crippen LogP contribution in [0.1, 0.15) is 12.0 Å². The molecular weight excluding hydrogens is 354 g/mol. The van der Waals surface area contributed by atoms with Gasteiger partial charge in [0.05, 0.1) is 27.2 Å². The minimum atomic E-state index is 0.0295. The van der Waals surface area contributed by atoms with E-state index in [1.165, 1.54) is 10.5 Å². The van der Waals surface area contributed by atoms with Gasteiger partial charge in [0.15, 0.2) is 0 Å². The zero-order valence-electron chi connectivity index (χ0n) is 16.8. The van der Waals surface area contributed by atoms with Crippen molar-refractivity contribution in [3.05, 3.63) is 54.1 Å². The van der Waals surface area contributed by atoms with E-state index in [0.717, 1.165) is 39.3 Å². The number of hydrogen-bond acceptors (Lipinski definition) is 3. The SMILES string of the molecule is COc1cc(NC(=O)CC[NH+]2CC[NH+](Cc3ccccc3)CC2)cc(OC)c1. The van der Waals surface area contributed by atoms with Crippen LogP contribution in [0.15, 0.2) is 48.5 Å². The van der Waals surface area contributed by atoms with Crippen molar-refractivity contribution in [2.45, 2.75) is 13.0 Å². The van der Waals surface area contributed by atoms with E-state index in [0.29, 0.717) is 23.6 Å². The fraction of sp³-hybridized carbons (Fsp3) is 0.409. The molecule has 3 N–H and O–H groups in total. The molecule has 150 valence electrons. The molecule has 0 aromatic heterocycles. The molecule has 0 unspecified atom stereocenters. The van der Waals surface area contributed by atoms with Gasteiger partial charge in [-0.05, 0) is 0 Å². The maximum absolute atomic E-state index is 12.3. The average Bonchev–Trinajstić information content (AvgIpc) is 2.73. The number of carbonyl (C=O) groups is 1. The highest BCUT2D eigenvalue weighted by atomic mass is 16.5. The third-order valence-electron chi connectivity index (χ3n) is 5.30. The molecule has 2 aromatic rings. The number of carbonyl (C=O) groups excluding carboxylic acids is 1. The van der Waals surface area contributed by atoms with Crippen LogP contribution in [-0.2, 0) is 11.3 Å². The first kappa shape index (κ1) is 20.2. The van der Waals surface area contributed by atoms with E-state index >= 15 is 0 Å². The first-order valence-corrected chi connectivity index (χ1v) is 9.90. The number of amides is 1. The molecule has 1 heterocycles. The third-order valence-corrected chi connectivity index (χ3v) is 5.30. The standard InChI is InChI=1S/C22H29N3O3/c1-27-20-14-19(15-21(16-20)28-2)23-22(26)8-9-24-10-12-25(13-11-24)17-18-6-4-3-5-7-18/h3-7,14-16H,8-13,17H2,1-2H3,(H,23,26)/p+2. The summed E-state index contributed by atoms with van der Waals surface area (Å²) < 4.78 is 10.5. The molecule has 1 fully saturated rings. The minimum absolute atomic E-state index is 0.0295. The average molecular weight is 386 g/mol. The second-order valence-corrected chi connectivity index (χ2v) is 7.31. The predicted octanol–water partition coefficient (Wildman–Crippen LogP) is 0.0160. The lowest BCUT2D eigenvalue weighted by Gasteiger charge is -2.29. The summed E-state index contributed by atoms with van der Waals surface area (Å²) in [6, 6.07) is 16.1. The lowest BCUT2D eigenvalue weighted by Crippen LogP contribution is -3.27. The van der Waals surface area contributed by atoms with Gasteiger partial charge in [0.25, 0.3) is 0 Å². The number of anilines is 1. The summed E-state index contributed by atoms with van der Waals surface area (Å²) in [5, 5.41) is 2.95. The van der Waals surface area contributed by atoms with Crippen molar-refractivity contribution in [3.8, 4) is 11.5 Å². The summed E-state index contributed by atoms with van der Waals surface area (Å²) in [4.78, 5) is 15.5. The molecule has 6 nitrogen and oxygen atoms in total. The van der Waals surface area contributed by atoms with E-state index in [-0.39, 0.29) is 5.91 Å². The van der Waals surface area contributed by atoms with Gasteiger partial charge in [-0.25, -0.2) is 0 Å². The van der Waals surface area contributed by atoms with Gasteiger partial charge in [0.2, 0.25) is 5.91 Å². The molecule has 0 bridgehead atoms. The molecule has 1 aliphatic rings. The summed E-state index contributed by atoms with van der Waals surface area (Å²) in [5.41, 5.74) is 2.10. The molecule has 0 radical (unpaired) electrons. The van der Waals surface area contributed by atoms with Crippen molar-refractivity contribution >= 4 is 11.6 Å². The Labute approximate surface area is 167 Å². The monoisotopic (exact) mass is 385 g/mol. The Bertz CT molecular complexity index is 737. The fourth-order valence-electron chi connectivity index (χ4n) is 3.66. The topological polar surface area (TPSA) is 56.4 Å². The van der Waals surface area contributed by atoms with Crippen molar-refractivity contribution in [1.29, 1.82) is 0 Å². The molecule has 1 saturated heterocycles. The Morgan fingerprint density at radius 3 is 2.14 bits per heavy atom. The molecule has 1 aliphatic heterocycles. The van der Waals surface area contributed by atoms with Gasteiger partial charge in [0, 0.05) is 29.4 Å². The van der Waals surface area contributed by atoms with Crippen LogP contribution in [0.3, 0.4) is 0 Å². The number of benzene rings is 2. The summed E-state index contributed by atoms with van der Waals surface area (Å²) in [7, 11) is 3.20. The van der Waals surface area contributed by atoms with Crippen molar-refractivity contribution in [3.63, 3.8) is 0 Å². The molecule has 6 heteroatoms. The van der Waals surface area contributed by atoms with E-state index in [1.54, 1.807) is 37.3 Å². The molecule has 28 heavy (non-hydrogen) atoms. The second-order valence-electron chi connectivity index (χ2n) is 7.31. The van der Waals surface area contributed by atoms with Crippen LogP contribution in [0.25, 0.3) is 0 Å². The maximum Gasteiger partial charge on any atom is 0.230 e. The van der Waals surface area contributed by atoms with E-state index in [1.807, 2.05) is 0 Å². The van der Waals surface area contributed by atoms with Gasteiger partial charge in [-0.3, -0.25) is 4.79 Å². The lowest BCUT2D eigenvalue weighted by atomic mass is 10.2. The number of methoxy groups -OCH3 is 2. The third kappa shape index (κ3) is 5.97. The summed E-state index contributed by atoms with van der Waals surface area (Å²) in [5.74, 6) is 1.36. The summed E-state index contributed by atoms with van der Waals surface area (Å²) >= 11 is 0. The molecule has 2 aromatic carbocycles. The lowest BCUT2D eigenvalue weighted by molar-refractivity contribution is -1.02. The van der Waals surface area contributed by atoms with Crippen molar-refractivity contribution < 1.29 is 24.1 Å². The Kier molecular flexibility index (Phi) is 7.28. The van der Waals surface area contributed by atoms with Crippen LogP contribution in [0.2, 0.25) is 0 Å². The molecule has 0 atom stereocenters. The van der Waals surface area contributed by atoms with Gasteiger partial charge >= 0.3 is 0 Å². The Morgan fingerprint density at radius 2 is 1.54 bits per heavy atom. The van der Waals surface area contributed by atoms with Gasteiger partial charge in [-0.15, -0.1) is 0 Å². The van der Waals surface area contributed by atoms with Crippen LogP contribution >= 0.6 is 0 Å². The highest BCUT2D eigenvalue weighted by molar-refractivity contribution is 5.91. The first-order chi connectivity index (χ1) is 13.7. The number of ether oxygens (including phenoxy) is 2. The zero-order chi connectivity index (χ0) is 19.8. The van der Waals surface area contributed by atoms with Gasteiger partial charge in [-0.2, -0.15) is 0 Å². The number of piperazine rings is 1. The molecule has 1 amide bonds. The van der Waals surface area contributed by atoms with Crippen LogP contribution < -0.4 is 24.6 Å². The molecule has 3 rings (SSSR count). The molecule has 0 spiro atoms. The molecule has 0 saturated carbocycles. The highest BCUT2D eigenvalue weighted by Gasteiger charge is 2.23. The van der Waals surface area contributed by atoms with Gasteiger partial charge in [0.1, 0.15) is 44.2 Å². The number of rotatable bonds is 8. The Morgan fingerprint density at radius 1 is 0.929 bits per heavy atom. The van der Waals surface area contributed by atoms with E-state index in [4.69, 9.17) is 9.47 Å². The van der Waals surface area contributed by atoms with E-state index < -0.39 is 0 Å². The quantitative estimate of drug-likeness (QED) is 0.600. The minimum Gasteiger partial charge on any atom is -0.497 e. The predicted molar refractivity (Wildman–Crippen MR) is 109 cm³/mol. The van der Waals surface area contributed by atoms with Crippen molar-refractivity contribution in [1.82, 2.24) is 0 Å².